The molecule has 1 N–H and O–H groups in total. The summed E-state index contributed by atoms with van der Waals surface area (Å²) in [5.41, 5.74) is 0. The van der Waals surface area contributed by atoms with E-state index in [0.717, 1.165) is 25.9 Å². The lowest BCUT2D eigenvalue weighted by molar-refractivity contribution is -0.121. The van der Waals surface area contributed by atoms with Crippen LogP contribution in [0.3, 0.4) is 0 Å². The third-order valence-corrected chi connectivity index (χ3v) is 1.58. The first-order valence-corrected chi connectivity index (χ1v) is 4.58. The maximum Gasteiger partial charge on any atom is 0.219 e. The van der Waals surface area contributed by atoms with E-state index in [1.807, 2.05) is 21.0 Å². The average Bonchev–Trinajstić information content (AvgIpc) is 1.98. The molecular weight excluding hydrogens is 152 g/mol. The van der Waals surface area contributed by atoms with Crippen LogP contribution in [-0.4, -0.2) is 38.0 Å². The maximum absolute atomic E-state index is 11.0. The average molecular weight is 172 g/mol. The van der Waals surface area contributed by atoms with E-state index >= 15 is 0 Å². The second-order valence-corrected chi connectivity index (χ2v) is 3.26. The Labute approximate surface area is 75.1 Å². The molecule has 1 amide bonds. The fourth-order valence-corrected chi connectivity index (χ4v) is 0.939. The predicted octanol–water partition coefficient (Wildman–Crippen LogP) is 0.854. The Balaban J connectivity index is 3.14. The Morgan fingerprint density at radius 2 is 2.08 bits per heavy atom. The van der Waals surface area contributed by atoms with Crippen LogP contribution in [0.1, 0.15) is 26.2 Å². The van der Waals surface area contributed by atoms with Crippen LogP contribution in [0.5, 0.6) is 0 Å². The minimum atomic E-state index is 0.177. The van der Waals surface area contributed by atoms with E-state index < -0.39 is 0 Å². The number of carbonyl (C=O) groups excluding carboxylic acids is 1. The van der Waals surface area contributed by atoms with Crippen molar-refractivity contribution in [3.8, 4) is 0 Å². The van der Waals surface area contributed by atoms with E-state index in [4.69, 9.17) is 0 Å². The fraction of sp³-hybridized carbons (Fsp3) is 0.889. The van der Waals surface area contributed by atoms with Gasteiger partial charge in [0.05, 0.1) is 0 Å². The normalized spacial score (nSPS) is 10.3. The molecule has 0 heterocycles. The van der Waals surface area contributed by atoms with Gasteiger partial charge in [-0.2, -0.15) is 0 Å². The highest BCUT2D eigenvalue weighted by Gasteiger charge is 1.97. The highest BCUT2D eigenvalue weighted by atomic mass is 16.1. The van der Waals surface area contributed by atoms with Crippen LogP contribution in [0.4, 0.5) is 0 Å². The highest BCUT2D eigenvalue weighted by molar-refractivity contribution is 5.75. The van der Waals surface area contributed by atoms with Crippen molar-refractivity contribution in [3.63, 3.8) is 0 Å². The molecule has 0 fully saturated rings. The van der Waals surface area contributed by atoms with Crippen molar-refractivity contribution in [1.82, 2.24) is 10.2 Å². The number of rotatable bonds is 6. The maximum atomic E-state index is 11.0. The van der Waals surface area contributed by atoms with Gasteiger partial charge in [0, 0.05) is 13.0 Å². The molecule has 0 aromatic heterocycles. The molecule has 0 saturated heterocycles. The summed E-state index contributed by atoms with van der Waals surface area (Å²) in [6.45, 7) is 3.85. The third kappa shape index (κ3) is 7.54. The molecule has 0 unspecified atom stereocenters. The van der Waals surface area contributed by atoms with Crippen LogP contribution in [0.2, 0.25) is 0 Å². The molecule has 0 aliphatic rings. The minimum Gasteiger partial charge on any atom is -0.356 e. The van der Waals surface area contributed by atoms with Crippen molar-refractivity contribution < 1.29 is 4.79 Å². The number of carbonyl (C=O) groups is 1. The molecular formula is C9H20N2O. The summed E-state index contributed by atoms with van der Waals surface area (Å²) in [7, 11) is 4.07. The number of amides is 1. The van der Waals surface area contributed by atoms with E-state index in [1.165, 1.54) is 0 Å². The summed E-state index contributed by atoms with van der Waals surface area (Å²) in [4.78, 5) is 13.1. The number of hydrogen-bond donors (Lipinski definition) is 1. The molecule has 0 aliphatic carbocycles. The molecule has 0 aromatic rings. The van der Waals surface area contributed by atoms with Crippen molar-refractivity contribution in [2.45, 2.75) is 26.2 Å². The number of nitrogens with one attached hydrogen (secondary N) is 1. The summed E-state index contributed by atoms with van der Waals surface area (Å²) in [6.07, 6.45) is 2.62. The van der Waals surface area contributed by atoms with Gasteiger partial charge >= 0.3 is 0 Å². The summed E-state index contributed by atoms with van der Waals surface area (Å²) in [6, 6.07) is 0. The second-order valence-electron chi connectivity index (χ2n) is 3.26. The highest BCUT2D eigenvalue weighted by Crippen LogP contribution is 1.86. The molecule has 12 heavy (non-hydrogen) atoms. The van der Waals surface area contributed by atoms with Crippen LogP contribution >= 0.6 is 0 Å². The Kier molecular flexibility index (Phi) is 6.76. The SMILES string of the molecule is CCCC(=O)NCCCN(C)C. The standard InChI is InChI=1S/C9H20N2O/c1-4-6-9(12)10-7-5-8-11(2)3/h4-8H2,1-3H3,(H,10,12). The van der Waals surface area contributed by atoms with Crippen molar-refractivity contribution in [3.05, 3.63) is 0 Å². The molecule has 72 valence electrons. The summed E-state index contributed by atoms with van der Waals surface area (Å²) < 4.78 is 0. The van der Waals surface area contributed by atoms with E-state index in [2.05, 4.69) is 10.2 Å². The molecule has 3 nitrogen and oxygen atoms in total. The van der Waals surface area contributed by atoms with E-state index in [9.17, 15) is 4.79 Å². The Hall–Kier alpha value is -0.570. The zero-order valence-electron chi connectivity index (χ0n) is 8.39. The topological polar surface area (TPSA) is 32.3 Å². The first kappa shape index (κ1) is 11.4. The second kappa shape index (κ2) is 7.10. The molecule has 0 atom stereocenters. The monoisotopic (exact) mass is 172 g/mol. The number of hydrogen-bond acceptors (Lipinski definition) is 2. The molecule has 0 aromatic carbocycles. The van der Waals surface area contributed by atoms with Crippen LogP contribution in [-0.2, 0) is 4.79 Å². The van der Waals surface area contributed by atoms with E-state index in [-0.39, 0.29) is 5.91 Å². The molecule has 0 saturated carbocycles. The lowest BCUT2D eigenvalue weighted by atomic mass is 10.3. The van der Waals surface area contributed by atoms with Gasteiger partial charge in [-0.1, -0.05) is 6.92 Å². The van der Waals surface area contributed by atoms with Gasteiger partial charge < -0.3 is 10.2 Å². The van der Waals surface area contributed by atoms with Crippen LogP contribution in [0.25, 0.3) is 0 Å². The Bertz CT molecular complexity index is 124. The molecule has 0 rings (SSSR count). The first-order chi connectivity index (χ1) is 5.66. The van der Waals surface area contributed by atoms with Gasteiger partial charge in [0.25, 0.3) is 0 Å². The molecule has 0 bridgehead atoms. The van der Waals surface area contributed by atoms with Gasteiger partial charge in [0.15, 0.2) is 0 Å². The van der Waals surface area contributed by atoms with Gasteiger partial charge in [-0.05, 0) is 33.5 Å². The predicted molar refractivity (Wildman–Crippen MR) is 51.1 cm³/mol. The van der Waals surface area contributed by atoms with E-state index in [0.29, 0.717) is 6.42 Å². The summed E-state index contributed by atoms with van der Waals surface area (Å²) >= 11 is 0. The minimum absolute atomic E-state index is 0.177. The van der Waals surface area contributed by atoms with Gasteiger partial charge in [-0.15, -0.1) is 0 Å². The van der Waals surface area contributed by atoms with Gasteiger partial charge in [-0.25, -0.2) is 0 Å². The van der Waals surface area contributed by atoms with Crippen LogP contribution < -0.4 is 5.32 Å². The third-order valence-electron chi connectivity index (χ3n) is 1.58. The van der Waals surface area contributed by atoms with E-state index in [1.54, 1.807) is 0 Å². The first-order valence-electron chi connectivity index (χ1n) is 4.58. The number of nitrogens with zero attached hydrogens (tertiary/aromatic N) is 1. The Morgan fingerprint density at radius 3 is 2.58 bits per heavy atom. The van der Waals surface area contributed by atoms with Crippen LogP contribution in [0.15, 0.2) is 0 Å². The van der Waals surface area contributed by atoms with Crippen molar-refractivity contribution in [2.24, 2.45) is 0 Å². The van der Waals surface area contributed by atoms with Gasteiger partial charge in [0.1, 0.15) is 0 Å². The Morgan fingerprint density at radius 1 is 1.42 bits per heavy atom. The molecule has 0 aliphatic heterocycles. The van der Waals surface area contributed by atoms with Crippen molar-refractivity contribution in [1.29, 1.82) is 0 Å². The van der Waals surface area contributed by atoms with Crippen LogP contribution in [0, 0.1) is 0 Å². The quantitative estimate of drug-likeness (QED) is 0.603. The fourth-order valence-electron chi connectivity index (χ4n) is 0.939. The lowest BCUT2D eigenvalue weighted by Crippen LogP contribution is -2.26. The van der Waals surface area contributed by atoms with Crippen molar-refractivity contribution in [2.75, 3.05) is 27.2 Å². The summed E-state index contributed by atoms with van der Waals surface area (Å²) in [5.74, 6) is 0.177. The molecule has 3 heteroatoms. The zero-order chi connectivity index (χ0) is 9.40. The summed E-state index contributed by atoms with van der Waals surface area (Å²) in [5, 5.41) is 2.87. The molecule has 0 radical (unpaired) electrons. The van der Waals surface area contributed by atoms with Gasteiger partial charge in [-0.3, -0.25) is 4.79 Å². The lowest BCUT2D eigenvalue weighted by Gasteiger charge is -2.09. The smallest absolute Gasteiger partial charge is 0.219 e. The molecule has 0 spiro atoms. The zero-order valence-corrected chi connectivity index (χ0v) is 8.39. The van der Waals surface area contributed by atoms with Gasteiger partial charge in [0.2, 0.25) is 5.91 Å². The van der Waals surface area contributed by atoms with Crippen molar-refractivity contribution >= 4 is 5.91 Å². The largest absolute Gasteiger partial charge is 0.356 e.